The van der Waals surface area contributed by atoms with Crippen LogP contribution in [0.5, 0.6) is 0 Å². The van der Waals surface area contributed by atoms with Crippen molar-refractivity contribution in [2.24, 2.45) is 5.73 Å². The summed E-state index contributed by atoms with van der Waals surface area (Å²) in [6, 6.07) is -0.564. The highest BCUT2D eigenvalue weighted by atomic mass is 16.5. The molecule has 0 aliphatic rings. The second kappa shape index (κ2) is 7.14. The van der Waals surface area contributed by atoms with Crippen LogP contribution in [-0.4, -0.2) is 50.8 Å². The number of amides is 2. The van der Waals surface area contributed by atoms with E-state index < -0.39 is 6.03 Å². The molecule has 0 aromatic rings. The molecular weight excluding hydrogens is 188 g/mol. The number of methoxy groups -OCH3 is 2. The van der Waals surface area contributed by atoms with E-state index in [0.29, 0.717) is 13.2 Å². The van der Waals surface area contributed by atoms with Crippen LogP contribution in [-0.2, 0) is 14.3 Å². The highest BCUT2D eigenvalue weighted by Gasteiger charge is 2.11. The van der Waals surface area contributed by atoms with E-state index in [0.717, 1.165) is 0 Å². The molecule has 0 bridgehead atoms. The van der Waals surface area contributed by atoms with Crippen molar-refractivity contribution in [1.82, 2.24) is 4.90 Å². The predicted octanol–water partition coefficient (Wildman–Crippen LogP) is -0.423. The van der Waals surface area contributed by atoms with Crippen molar-refractivity contribution in [1.29, 1.82) is 0 Å². The van der Waals surface area contributed by atoms with E-state index in [1.54, 1.807) is 0 Å². The van der Waals surface area contributed by atoms with Gasteiger partial charge in [0.05, 0.1) is 20.1 Å². The number of nitrogens with zero attached hydrogens (tertiary/aromatic N) is 1. The maximum Gasteiger partial charge on any atom is 0.314 e. The largest absolute Gasteiger partial charge is 0.469 e. The average molecular weight is 204 g/mol. The Kier molecular flexibility index (Phi) is 6.47. The molecule has 0 atom stereocenters. The van der Waals surface area contributed by atoms with Gasteiger partial charge in [-0.3, -0.25) is 4.79 Å². The Morgan fingerprint density at radius 3 is 2.36 bits per heavy atom. The van der Waals surface area contributed by atoms with Gasteiger partial charge in [0.1, 0.15) is 0 Å². The Bertz CT molecular complexity index is 196. The quantitative estimate of drug-likeness (QED) is 0.595. The third kappa shape index (κ3) is 5.36. The molecule has 0 heterocycles. The Balaban J connectivity index is 3.84. The highest BCUT2D eigenvalue weighted by molar-refractivity contribution is 5.74. The molecule has 0 rings (SSSR count). The lowest BCUT2D eigenvalue weighted by Crippen LogP contribution is -2.39. The van der Waals surface area contributed by atoms with Crippen LogP contribution in [0.2, 0.25) is 0 Å². The fourth-order valence-electron chi connectivity index (χ4n) is 0.862. The monoisotopic (exact) mass is 204 g/mol. The van der Waals surface area contributed by atoms with Gasteiger partial charge in [-0.25, -0.2) is 4.79 Å². The Labute approximate surface area is 82.9 Å². The minimum absolute atomic E-state index is 0.142. The van der Waals surface area contributed by atoms with E-state index in [-0.39, 0.29) is 18.9 Å². The summed E-state index contributed by atoms with van der Waals surface area (Å²) >= 11 is 0. The van der Waals surface area contributed by atoms with Crippen molar-refractivity contribution in [2.45, 2.75) is 6.42 Å². The summed E-state index contributed by atoms with van der Waals surface area (Å²) in [6.07, 6.45) is 0.142. The lowest BCUT2D eigenvalue weighted by molar-refractivity contribution is -0.140. The molecule has 0 spiro atoms. The average Bonchev–Trinajstić information content (AvgIpc) is 2.16. The third-order valence-corrected chi connectivity index (χ3v) is 1.69. The van der Waals surface area contributed by atoms with E-state index >= 15 is 0 Å². The molecule has 0 radical (unpaired) electrons. The van der Waals surface area contributed by atoms with Crippen LogP contribution >= 0.6 is 0 Å². The zero-order chi connectivity index (χ0) is 11.0. The van der Waals surface area contributed by atoms with E-state index in [1.807, 2.05) is 0 Å². The molecule has 0 aromatic carbocycles. The highest BCUT2D eigenvalue weighted by Crippen LogP contribution is 1.93. The summed E-state index contributed by atoms with van der Waals surface area (Å²) in [5.74, 6) is -0.367. The van der Waals surface area contributed by atoms with Gasteiger partial charge in [0, 0.05) is 20.2 Å². The molecule has 2 amide bonds. The smallest absolute Gasteiger partial charge is 0.314 e. The minimum Gasteiger partial charge on any atom is -0.469 e. The van der Waals surface area contributed by atoms with Gasteiger partial charge in [0.2, 0.25) is 0 Å². The Morgan fingerprint density at radius 1 is 1.29 bits per heavy atom. The number of hydrogen-bond acceptors (Lipinski definition) is 4. The molecule has 6 heteroatoms. The second-order valence-corrected chi connectivity index (χ2v) is 2.64. The molecule has 0 aliphatic heterocycles. The SMILES string of the molecule is COCCN(CCC(=O)OC)C(N)=O. The van der Waals surface area contributed by atoms with Crippen LogP contribution in [0.15, 0.2) is 0 Å². The second-order valence-electron chi connectivity index (χ2n) is 2.64. The fourth-order valence-corrected chi connectivity index (χ4v) is 0.862. The van der Waals surface area contributed by atoms with Gasteiger partial charge in [0.25, 0.3) is 0 Å². The van der Waals surface area contributed by atoms with Gasteiger partial charge < -0.3 is 20.1 Å². The molecular formula is C8H16N2O4. The first-order valence-electron chi connectivity index (χ1n) is 4.22. The summed E-state index contributed by atoms with van der Waals surface area (Å²) in [4.78, 5) is 23.0. The number of carbonyl (C=O) groups excluding carboxylic acids is 2. The lowest BCUT2D eigenvalue weighted by atomic mass is 10.4. The first kappa shape index (κ1) is 12.7. The molecule has 6 nitrogen and oxygen atoms in total. The molecule has 0 saturated carbocycles. The van der Waals surface area contributed by atoms with Crippen LogP contribution in [0.3, 0.4) is 0 Å². The number of primary amides is 1. The van der Waals surface area contributed by atoms with Gasteiger partial charge in [-0.2, -0.15) is 0 Å². The normalized spacial score (nSPS) is 9.57. The Morgan fingerprint density at radius 2 is 1.93 bits per heavy atom. The number of esters is 1. The van der Waals surface area contributed by atoms with E-state index in [4.69, 9.17) is 10.5 Å². The molecule has 82 valence electrons. The van der Waals surface area contributed by atoms with Crippen molar-refractivity contribution in [3.63, 3.8) is 0 Å². The van der Waals surface area contributed by atoms with Crippen molar-refractivity contribution in [3.05, 3.63) is 0 Å². The first-order chi connectivity index (χ1) is 6.61. The summed E-state index contributed by atoms with van der Waals surface area (Å²) in [5.41, 5.74) is 5.08. The topological polar surface area (TPSA) is 81.9 Å². The van der Waals surface area contributed by atoms with Crippen LogP contribution in [0.1, 0.15) is 6.42 Å². The molecule has 0 aliphatic carbocycles. The zero-order valence-corrected chi connectivity index (χ0v) is 8.49. The molecule has 0 aromatic heterocycles. The van der Waals surface area contributed by atoms with Gasteiger partial charge in [-0.05, 0) is 0 Å². The van der Waals surface area contributed by atoms with Crippen molar-refractivity contribution in [3.8, 4) is 0 Å². The number of hydrogen-bond donors (Lipinski definition) is 1. The minimum atomic E-state index is -0.564. The van der Waals surface area contributed by atoms with Crippen LogP contribution in [0.25, 0.3) is 0 Å². The van der Waals surface area contributed by atoms with Gasteiger partial charge in [0.15, 0.2) is 0 Å². The number of rotatable bonds is 6. The maximum absolute atomic E-state index is 10.8. The summed E-state index contributed by atoms with van der Waals surface area (Å²) in [6.45, 7) is 1.03. The summed E-state index contributed by atoms with van der Waals surface area (Å²) in [7, 11) is 2.82. The molecule has 0 saturated heterocycles. The lowest BCUT2D eigenvalue weighted by Gasteiger charge is -2.18. The summed E-state index contributed by atoms with van der Waals surface area (Å²) < 4.78 is 9.23. The number of urea groups is 1. The van der Waals surface area contributed by atoms with Gasteiger partial charge in [-0.15, -0.1) is 0 Å². The zero-order valence-electron chi connectivity index (χ0n) is 8.49. The van der Waals surface area contributed by atoms with Crippen molar-refractivity contribution >= 4 is 12.0 Å². The van der Waals surface area contributed by atoms with E-state index in [1.165, 1.54) is 19.1 Å². The number of ether oxygens (including phenoxy) is 2. The Hall–Kier alpha value is -1.30. The van der Waals surface area contributed by atoms with Crippen molar-refractivity contribution < 1.29 is 19.1 Å². The van der Waals surface area contributed by atoms with E-state index in [2.05, 4.69) is 4.74 Å². The first-order valence-corrected chi connectivity index (χ1v) is 4.22. The van der Waals surface area contributed by atoms with Gasteiger partial charge >= 0.3 is 12.0 Å². The van der Waals surface area contributed by atoms with E-state index in [9.17, 15) is 9.59 Å². The fraction of sp³-hybridized carbons (Fsp3) is 0.750. The molecule has 0 fully saturated rings. The summed E-state index contributed by atoms with van der Waals surface area (Å²) in [5, 5.41) is 0. The van der Waals surface area contributed by atoms with Crippen molar-refractivity contribution in [2.75, 3.05) is 33.9 Å². The standard InChI is InChI=1S/C8H16N2O4/c1-13-6-5-10(8(9)12)4-3-7(11)14-2/h3-6H2,1-2H3,(H2,9,12). The van der Waals surface area contributed by atoms with Crippen LogP contribution in [0.4, 0.5) is 4.79 Å². The number of carbonyl (C=O) groups is 2. The molecule has 14 heavy (non-hydrogen) atoms. The third-order valence-electron chi connectivity index (χ3n) is 1.69. The van der Waals surface area contributed by atoms with Gasteiger partial charge in [-0.1, -0.05) is 0 Å². The maximum atomic E-state index is 10.8. The molecule has 0 unspecified atom stereocenters. The predicted molar refractivity (Wildman–Crippen MR) is 49.7 cm³/mol. The number of nitrogens with two attached hydrogens (primary N) is 1. The molecule has 2 N–H and O–H groups in total. The van der Waals surface area contributed by atoms with Crippen LogP contribution in [0, 0.1) is 0 Å². The van der Waals surface area contributed by atoms with Crippen LogP contribution < -0.4 is 5.73 Å².